The van der Waals surface area contributed by atoms with Crippen molar-refractivity contribution in [2.75, 3.05) is 23.3 Å². The fraction of sp³-hybridized carbons (Fsp3) is 0.280. The predicted molar refractivity (Wildman–Crippen MR) is 124 cm³/mol. The van der Waals surface area contributed by atoms with Gasteiger partial charge in [-0.2, -0.15) is 5.26 Å². The van der Waals surface area contributed by atoms with Gasteiger partial charge in [0.05, 0.1) is 11.1 Å². The highest BCUT2D eigenvalue weighted by Gasteiger charge is 2.32. The first-order valence-electron chi connectivity index (χ1n) is 11.1. The Morgan fingerprint density at radius 1 is 1.25 bits per heavy atom. The van der Waals surface area contributed by atoms with Crippen LogP contribution in [0.4, 0.5) is 29.1 Å². The van der Waals surface area contributed by atoms with Crippen LogP contribution in [0.1, 0.15) is 35.7 Å². The van der Waals surface area contributed by atoms with Gasteiger partial charge in [0, 0.05) is 54.6 Å². The molecule has 1 aliphatic rings. The maximum absolute atomic E-state index is 14.0. The molecular weight excluding hydrogens is 478 g/mol. The van der Waals surface area contributed by atoms with Crippen molar-refractivity contribution in [3.63, 3.8) is 0 Å². The summed E-state index contributed by atoms with van der Waals surface area (Å²) in [6.45, 7) is 3.72. The van der Waals surface area contributed by atoms with Crippen LogP contribution >= 0.6 is 0 Å². The highest BCUT2D eigenvalue weighted by atomic mass is 19.4. The average Bonchev–Trinajstić information content (AvgIpc) is 3.34. The molecule has 3 aromatic rings. The summed E-state index contributed by atoms with van der Waals surface area (Å²) >= 11 is 0. The minimum Gasteiger partial charge on any atom is -0.403 e. The summed E-state index contributed by atoms with van der Waals surface area (Å²) in [6.07, 6.45) is 1.38. The maximum Gasteiger partial charge on any atom is 0.573 e. The van der Waals surface area contributed by atoms with E-state index in [-0.39, 0.29) is 11.3 Å². The van der Waals surface area contributed by atoms with Crippen LogP contribution in [0.25, 0.3) is 11.1 Å². The molecule has 0 spiro atoms. The van der Waals surface area contributed by atoms with Crippen LogP contribution < -0.4 is 15.0 Å². The van der Waals surface area contributed by atoms with Crippen LogP contribution in [0.3, 0.4) is 0 Å². The number of alkyl halides is 3. The van der Waals surface area contributed by atoms with Crippen molar-refractivity contribution >= 4 is 17.4 Å². The summed E-state index contributed by atoms with van der Waals surface area (Å²) in [4.78, 5) is 23.7. The Kier molecular flexibility index (Phi) is 7.05. The lowest BCUT2D eigenvalue weighted by Gasteiger charge is -2.21. The van der Waals surface area contributed by atoms with E-state index in [1.807, 2.05) is 6.07 Å². The van der Waals surface area contributed by atoms with Gasteiger partial charge in [0.25, 0.3) is 5.91 Å². The van der Waals surface area contributed by atoms with Crippen molar-refractivity contribution in [1.82, 2.24) is 9.97 Å². The number of carbonyl (C=O) groups is 1. The molecular formula is C25H21F4N5O2. The molecule has 0 saturated carbocycles. The molecule has 1 aliphatic heterocycles. The monoisotopic (exact) mass is 499 g/mol. The zero-order valence-corrected chi connectivity index (χ0v) is 19.1. The van der Waals surface area contributed by atoms with E-state index in [0.717, 1.165) is 44.1 Å². The molecule has 2 aromatic heterocycles. The molecule has 11 heteroatoms. The highest BCUT2D eigenvalue weighted by molar-refractivity contribution is 6.05. The Bertz CT molecular complexity index is 1320. The van der Waals surface area contributed by atoms with Crippen molar-refractivity contribution in [1.29, 1.82) is 5.26 Å². The second-order valence-electron chi connectivity index (χ2n) is 8.33. The number of rotatable bonds is 6. The predicted octanol–water partition coefficient (Wildman–Crippen LogP) is 5.54. The molecule has 1 fully saturated rings. The fourth-order valence-corrected chi connectivity index (χ4v) is 4.04. The number of benzene rings is 1. The van der Waals surface area contributed by atoms with E-state index in [1.165, 1.54) is 12.4 Å². The molecule has 1 saturated heterocycles. The van der Waals surface area contributed by atoms with E-state index in [4.69, 9.17) is 0 Å². The first-order valence-corrected chi connectivity index (χ1v) is 11.1. The normalized spacial score (nSPS) is 15.4. The molecule has 0 bridgehead atoms. The minimum atomic E-state index is -5.04. The lowest BCUT2D eigenvalue weighted by Crippen LogP contribution is -2.22. The van der Waals surface area contributed by atoms with Crippen LogP contribution in [0, 0.1) is 23.1 Å². The van der Waals surface area contributed by atoms with Crippen LogP contribution in [-0.4, -0.2) is 35.3 Å². The van der Waals surface area contributed by atoms with E-state index in [1.54, 1.807) is 18.3 Å². The topological polar surface area (TPSA) is 91.1 Å². The maximum atomic E-state index is 14.0. The molecule has 0 radical (unpaired) electrons. The number of amides is 1. The van der Waals surface area contributed by atoms with Crippen molar-refractivity contribution in [3.8, 4) is 22.9 Å². The van der Waals surface area contributed by atoms with Crippen molar-refractivity contribution < 1.29 is 27.1 Å². The molecule has 3 heterocycles. The van der Waals surface area contributed by atoms with Crippen molar-refractivity contribution in [2.24, 2.45) is 5.92 Å². The summed E-state index contributed by atoms with van der Waals surface area (Å²) in [6, 6.07) is 7.91. The molecule has 7 nitrogen and oxygen atoms in total. The van der Waals surface area contributed by atoms with Gasteiger partial charge in [-0.1, -0.05) is 13.3 Å². The summed E-state index contributed by atoms with van der Waals surface area (Å²) in [5.74, 6) is -1.76. The molecule has 1 aromatic carbocycles. The number of hydrogen-bond acceptors (Lipinski definition) is 6. The molecule has 4 rings (SSSR count). The highest BCUT2D eigenvalue weighted by Crippen LogP contribution is 2.34. The van der Waals surface area contributed by atoms with Gasteiger partial charge < -0.3 is 15.0 Å². The third kappa shape index (κ3) is 5.71. The Labute approximate surface area is 204 Å². The number of pyridine rings is 2. The second kappa shape index (κ2) is 10.2. The number of aromatic nitrogens is 2. The number of halogens is 4. The van der Waals surface area contributed by atoms with E-state index in [0.29, 0.717) is 28.4 Å². The van der Waals surface area contributed by atoms with Crippen molar-refractivity contribution in [2.45, 2.75) is 26.1 Å². The van der Waals surface area contributed by atoms with Gasteiger partial charge in [0.1, 0.15) is 11.9 Å². The number of nitrogens with zero attached hydrogens (tertiary/aromatic N) is 4. The number of carbonyl (C=O) groups excluding carboxylic acids is 1. The lowest BCUT2D eigenvalue weighted by atomic mass is 10.0. The number of nitrogens with one attached hydrogen (secondary N) is 1. The largest absolute Gasteiger partial charge is 0.573 e. The Morgan fingerprint density at radius 2 is 2.06 bits per heavy atom. The van der Waals surface area contributed by atoms with Gasteiger partial charge in [-0.25, -0.2) is 9.37 Å². The van der Waals surface area contributed by atoms with Crippen LogP contribution in [-0.2, 0) is 0 Å². The van der Waals surface area contributed by atoms with E-state index >= 15 is 0 Å². The summed E-state index contributed by atoms with van der Waals surface area (Å²) in [7, 11) is 0. The zero-order valence-electron chi connectivity index (χ0n) is 19.1. The first-order chi connectivity index (χ1) is 17.2. The standard InChI is InChI=1S/C25H21F4N5O2/c1-2-15-5-6-34(14-15)23-20(17-7-16(10-30)11-31-12-17)8-18(13-32-23)24(35)33-19-3-4-22(21(26)9-19)36-25(27,28)29/h3-4,7-9,11-13,15H,2,5-6,14H2,1H3,(H,33,35)/t15-/m0/s1. The van der Waals surface area contributed by atoms with Crippen LogP contribution in [0.5, 0.6) is 5.75 Å². The first kappa shape index (κ1) is 24.9. The molecule has 186 valence electrons. The summed E-state index contributed by atoms with van der Waals surface area (Å²) < 4.78 is 54.8. The van der Waals surface area contributed by atoms with Crippen molar-refractivity contribution in [3.05, 3.63) is 65.9 Å². The Balaban J connectivity index is 1.64. The quantitative estimate of drug-likeness (QED) is 0.448. The summed E-state index contributed by atoms with van der Waals surface area (Å²) in [5, 5.41) is 11.7. The van der Waals surface area contributed by atoms with Gasteiger partial charge in [0.2, 0.25) is 0 Å². The Morgan fingerprint density at radius 3 is 2.72 bits per heavy atom. The molecule has 36 heavy (non-hydrogen) atoms. The molecule has 1 N–H and O–H groups in total. The van der Waals surface area contributed by atoms with Gasteiger partial charge in [-0.3, -0.25) is 9.78 Å². The van der Waals surface area contributed by atoms with Gasteiger partial charge in [0.15, 0.2) is 11.6 Å². The SMILES string of the molecule is CC[C@H]1CCN(c2ncc(C(=O)Nc3ccc(OC(F)(F)F)c(F)c3)cc2-c2cncc(C#N)c2)C1. The van der Waals surface area contributed by atoms with E-state index < -0.39 is 23.8 Å². The molecule has 1 atom stereocenters. The number of ether oxygens (including phenoxy) is 1. The smallest absolute Gasteiger partial charge is 0.403 e. The average molecular weight is 499 g/mol. The van der Waals surface area contributed by atoms with E-state index in [9.17, 15) is 27.6 Å². The summed E-state index contributed by atoms with van der Waals surface area (Å²) in [5.41, 5.74) is 1.63. The van der Waals surface area contributed by atoms with Crippen LogP contribution in [0.15, 0.2) is 48.9 Å². The van der Waals surface area contributed by atoms with Gasteiger partial charge in [-0.05, 0) is 36.6 Å². The number of nitriles is 1. The lowest BCUT2D eigenvalue weighted by molar-refractivity contribution is -0.275. The third-order valence-corrected chi connectivity index (χ3v) is 5.89. The molecule has 1 amide bonds. The number of anilines is 2. The molecule has 0 aliphatic carbocycles. The molecule has 0 unspecified atom stereocenters. The minimum absolute atomic E-state index is 0.0591. The van der Waals surface area contributed by atoms with E-state index in [2.05, 4.69) is 31.8 Å². The second-order valence-corrected chi connectivity index (χ2v) is 8.33. The zero-order chi connectivity index (χ0) is 25.9. The number of hydrogen-bond donors (Lipinski definition) is 1. The van der Waals surface area contributed by atoms with Crippen LogP contribution in [0.2, 0.25) is 0 Å². The third-order valence-electron chi connectivity index (χ3n) is 5.89. The van der Waals surface area contributed by atoms with Gasteiger partial charge >= 0.3 is 6.36 Å². The van der Waals surface area contributed by atoms with Gasteiger partial charge in [-0.15, -0.1) is 13.2 Å². The fourth-order valence-electron chi connectivity index (χ4n) is 4.04. The Hall–Kier alpha value is -4.20.